The molecule has 1 aromatic rings. The Hall–Kier alpha value is -1.85. The molecule has 0 saturated heterocycles. The minimum Gasteiger partial charge on any atom is -0.468 e. The minimum atomic E-state index is -0.457. The molecule has 0 spiro atoms. The lowest BCUT2D eigenvalue weighted by molar-refractivity contribution is -0.141. The number of methoxy groups -OCH3 is 1. The predicted molar refractivity (Wildman–Crippen MR) is 54.7 cm³/mol. The number of hydrogen-bond acceptors (Lipinski definition) is 5. The van der Waals surface area contributed by atoms with Crippen molar-refractivity contribution in [2.75, 3.05) is 20.2 Å². The normalized spacial score (nSPS) is 9.88. The van der Waals surface area contributed by atoms with E-state index >= 15 is 0 Å². The van der Waals surface area contributed by atoms with E-state index in [1.807, 2.05) is 6.92 Å². The second-order valence-electron chi connectivity index (χ2n) is 3.18. The van der Waals surface area contributed by atoms with Crippen LogP contribution in [0.25, 0.3) is 0 Å². The zero-order valence-electron chi connectivity index (χ0n) is 9.30. The highest BCUT2D eigenvalue weighted by molar-refractivity contribution is 5.93. The molecule has 0 unspecified atom stereocenters. The third-order valence-corrected chi connectivity index (χ3v) is 1.98. The van der Waals surface area contributed by atoms with E-state index in [-0.39, 0.29) is 18.2 Å². The van der Waals surface area contributed by atoms with Crippen LogP contribution in [-0.2, 0) is 9.53 Å². The smallest absolute Gasteiger partial charge is 0.325 e. The molecule has 0 aromatic carbocycles. The highest BCUT2D eigenvalue weighted by Gasteiger charge is 2.20. The molecule has 6 nitrogen and oxygen atoms in total. The third kappa shape index (κ3) is 3.08. The lowest BCUT2D eigenvalue weighted by Gasteiger charge is -2.18. The van der Waals surface area contributed by atoms with Gasteiger partial charge in [-0.3, -0.25) is 9.59 Å². The van der Waals surface area contributed by atoms with Gasteiger partial charge in [-0.2, -0.15) is 0 Å². The highest BCUT2D eigenvalue weighted by atomic mass is 16.5. The van der Waals surface area contributed by atoms with E-state index in [9.17, 15) is 9.59 Å². The fourth-order valence-corrected chi connectivity index (χ4v) is 1.22. The first-order valence-electron chi connectivity index (χ1n) is 4.95. The number of ether oxygens (including phenoxy) is 1. The van der Waals surface area contributed by atoms with Crippen LogP contribution >= 0.6 is 0 Å². The Balaban J connectivity index is 2.69. The fourth-order valence-electron chi connectivity index (χ4n) is 1.22. The minimum absolute atomic E-state index is 0.0795. The third-order valence-electron chi connectivity index (χ3n) is 1.98. The molecule has 1 aromatic heterocycles. The Kier molecular flexibility index (Phi) is 4.50. The Bertz CT molecular complexity index is 348. The molecule has 0 radical (unpaired) electrons. The first kappa shape index (κ1) is 12.2. The Morgan fingerprint density at radius 3 is 2.81 bits per heavy atom. The summed E-state index contributed by atoms with van der Waals surface area (Å²) in [6.07, 6.45) is 2.13. The summed E-state index contributed by atoms with van der Waals surface area (Å²) >= 11 is 0. The molecule has 0 N–H and O–H groups in total. The topological polar surface area (TPSA) is 72.6 Å². The molecule has 0 aliphatic rings. The monoisotopic (exact) mass is 226 g/mol. The number of amides is 1. The van der Waals surface area contributed by atoms with Crippen LogP contribution in [0.4, 0.5) is 0 Å². The Morgan fingerprint density at radius 2 is 2.31 bits per heavy atom. The predicted octanol–water partition coefficient (Wildman–Crippen LogP) is 0.700. The molecule has 1 heterocycles. The molecule has 16 heavy (non-hydrogen) atoms. The van der Waals surface area contributed by atoms with Gasteiger partial charge >= 0.3 is 5.97 Å². The van der Waals surface area contributed by atoms with E-state index in [0.29, 0.717) is 6.54 Å². The number of carbonyl (C=O) groups is 2. The summed E-state index contributed by atoms with van der Waals surface area (Å²) < 4.78 is 9.26. The van der Waals surface area contributed by atoms with Crippen molar-refractivity contribution in [2.45, 2.75) is 13.3 Å². The summed E-state index contributed by atoms with van der Waals surface area (Å²) in [4.78, 5) is 24.3. The summed E-state index contributed by atoms with van der Waals surface area (Å²) in [7, 11) is 1.28. The SMILES string of the molecule is CCCN(CC(=O)OC)C(=O)c1ccno1. The van der Waals surface area contributed by atoms with E-state index in [4.69, 9.17) is 4.52 Å². The molecule has 0 bridgehead atoms. The highest BCUT2D eigenvalue weighted by Crippen LogP contribution is 2.04. The lowest BCUT2D eigenvalue weighted by Crippen LogP contribution is -2.36. The van der Waals surface area contributed by atoms with Crippen LogP contribution in [0.5, 0.6) is 0 Å². The van der Waals surface area contributed by atoms with E-state index in [2.05, 4.69) is 9.89 Å². The van der Waals surface area contributed by atoms with Crippen LogP contribution in [0, 0.1) is 0 Å². The average Bonchev–Trinajstić information content (AvgIpc) is 2.80. The van der Waals surface area contributed by atoms with Crippen molar-refractivity contribution in [2.24, 2.45) is 0 Å². The number of esters is 1. The molecule has 1 amide bonds. The van der Waals surface area contributed by atoms with Crippen molar-refractivity contribution in [1.82, 2.24) is 10.1 Å². The van der Waals surface area contributed by atoms with Gasteiger partial charge in [0.15, 0.2) is 0 Å². The van der Waals surface area contributed by atoms with Crippen molar-refractivity contribution < 1.29 is 18.8 Å². The number of nitrogens with zero attached hydrogens (tertiary/aromatic N) is 2. The first-order valence-corrected chi connectivity index (χ1v) is 4.95. The van der Waals surface area contributed by atoms with Crippen molar-refractivity contribution >= 4 is 11.9 Å². The summed E-state index contributed by atoms with van der Waals surface area (Å²) in [5.74, 6) is -0.691. The summed E-state index contributed by atoms with van der Waals surface area (Å²) in [5.41, 5.74) is 0. The maximum Gasteiger partial charge on any atom is 0.325 e. The average molecular weight is 226 g/mol. The summed E-state index contributed by atoms with van der Waals surface area (Å²) in [5, 5.41) is 3.45. The number of rotatable bonds is 5. The lowest BCUT2D eigenvalue weighted by atomic mass is 10.3. The number of hydrogen-bond donors (Lipinski definition) is 0. The molecule has 1 rings (SSSR count). The van der Waals surface area contributed by atoms with E-state index < -0.39 is 5.97 Å². The molecule has 0 atom stereocenters. The van der Waals surface area contributed by atoms with Gasteiger partial charge in [0.25, 0.3) is 5.91 Å². The van der Waals surface area contributed by atoms with Gasteiger partial charge in [0, 0.05) is 12.6 Å². The van der Waals surface area contributed by atoms with Gasteiger partial charge in [-0.15, -0.1) is 0 Å². The molecular weight excluding hydrogens is 212 g/mol. The van der Waals surface area contributed by atoms with Gasteiger partial charge in [-0.1, -0.05) is 12.1 Å². The van der Waals surface area contributed by atoms with E-state index in [0.717, 1.165) is 6.42 Å². The number of aromatic nitrogens is 1. The van der Waals surface area contributed by atoms with Gasteiger partial charge in [-0.05, 0) is 6.42 Å². The number of carbonyl (C=O) groups excluding carboxylic acids is 2. The van der Waals surface area contributed by atoms with Crippen LogP contribution in [0.3, 0.4) is 0 Å². The Labute approximate surface area is 93.1 Å². The summed E-state index contributed by atoms with van der Waals surface area (Å²) in [6.45, 7) is 2.30. The molecule has 0 aliphatic heterocycles. The van der Waals surface area contributed by atoms with Crippen molar-refractivity contribution in [3.8, 4) is 0 Å². The second kappa shape index (κ2) is 5.89. The van der Waals surface area contributed by atoms with Crippen LogP contribution < -0.4 is 0 Å². The van der Waals surface area contributed by atoms with Gasteiger partial charge in [0.1, 0.15) is 6.54 Å². The maximum absolute atomic E-state index is 11.8. The zero-order valence-corrected chi connectivity index (χ0v) is 9.30. The van der Waals surface area contributed by atoms with Gasteiger partial charge in [0.05, 0.1) is 13.3 Å². The van der Waals surface area contributed by atoms with Gasteiger partial charge in [-0.25, -0.2) is 0 Å². The second-order valence-corrected chi connectivity index (χ2v) is 3.18. The summed E-state index contributed by atoms with van der Waals surface area (Å²) in [6, 6.07) is 1.46. The first-order chi connectivity index (χ1) is 7.69. The Morgan fingerprint density at radius 1 is 1.56 bits per heavy atom. The fraction of sp³-hybridized carbons (Fsp3) is 0.500. The van der Waals surface area contributed by atoms with Crippen LogP contribution in [0.2, 0.25) is 0 Å². The molecule has 0 fully saturated rings. The molecular formula is C10H14N2O4. The molecule has 0 saturated carbocycles. The van der Waals surface area contributed by atoms with Crippen molar-refractivity contribution in [3.05, 3.63) is 18.0 Å². The van der Waals surface area contributed by atoms with Crippen molar-refractivity contribution in [1.29, 1.82) is 0 Å². The van der Waals surface area contributed by atoms with E-state index in [1.54, 1.807) is 0 Å². The zero-order chi connectivity index (χ0) is 12.0. The molecule has 88 valence electrons. The van der Waals surface area contributed by atoms with Crippen LogP contribution in [-0.4, -0.2) is 42.1 Å². The maximum atomic E-state index is 11.8. The van der Waals surface area contributed by atoms with Gasteiger partial charge < -0.3 is 14.2 Å². The molecule has 6 heteroatoms. The van der Waals surface area contributed by atoms with Gasteiger partial charge in [0.2, 0.25) is 5.76 Å². The quantitative estimate of drug-likeness (QED) is 0.691. The van der Waals surface area contributed by atoms with Crippen LogP contribution in [0.1, 0.15) is 23.9 Å². The van der Waals surface area contributed by atoms with Crippen molar-refractivity contribution in [3.63, 3.8) is 0 Å². The van der Waals surface area contributed by atoms with Crippen LogP contribution in [0.15, 0.2) is 16.8 Å². The standard InChI is InChI=1S/C10H14N2O4/c1-3-6-12(7-9(13)15-2)10(14)8-4-5-11-16-8/h4-5H,3,6-7H2,1-2H3. The molecule has 0 aliphatic carbocycles. The van der Waals surface area contributed by atoms with E-state index in [1.165, 1.54) is 24.3 Å². The largest absolute Gasteiger partial charge is 0.468 e.